The average molecular weight is 819 g/mol. The minimum atomic E-state index is -3.08. The molecular weight excluding hydrogens is 764 g/mol. The first-order valence-electron chi connectivity index (χ1n) is 17.9. The third-order valence-corrected chi connectivity index (χ3v) is 10.2. The molecule has 4 aliphatic heterocycles. The van der Waals surface area contributed by atoms with Crippen molar-refractivity contribution in [3.8, 4) is 0 Å². The molecule has 0 aromatic heterocycles. The summed E-state index contributed by atoms with van der Waals surface area (Å²) in [6.45, 7) is 2.17. The molecule has 0 spiro atoms. The van der Waals surface area contributed by atoms with Crippen LogP contribution in [0.15, 0.2) is 0 Å². The van der Waals surface area contributed by atoms with Gasteiger partial charge in [0.15, 0.2) is 12.6 Å². The Bertz CT molecular complexity index is 1330. The van der Waals surface area contributed by atoms with Crippen LogP contribution < -0.4 is 10.6 Å². The van der Waals surface area contributed by atoms with E-state index >= 15 is 0 Å². The zero-order valence-electron chi connectivity index (χ0n) is 30.8. The zero-order chi connectivity index (χ0) is 42.0. The summed E-state index contributed by atoms with van der Waals surface area (Å²) in [5.74, 6) is -6.45. The first kappa shape index (κ1) is 46.4. The largest absolute Gasteiger partial charge is 0.477 e. The molecule has 0 aromatic rings. The van der Waals surface area contributed by atoms with Crippen LogP contribution in [0.4, 0.5) is 0 Å². The number of aliphatic carboxylic acids is 1. The van der Waals surface area contributed by atoms with Gasteiger partial charge >= 0.3 is 5.97 Å². The number of ether oxygens (including phenoxy) is 7. The maximum absolute atomic E-state index is 12.9. The number of carbonyl (C=O) groups is 3. The first-order valence-corrected chi connectivity index (χ1v) is 17.9. The predicted octanol–water partition coefficient (Wildman–Crippen LogP) is -8.16. The lowest BCUT2D eigenvalue weighted by atomic mass is 9.88. The molecule has 4 aliphatic rings. The second kappa shape index (κ2) is 19.2. The van der Waals surface area contributed by atoms with E-state index in [1.807, 2.05) is 0 Å². The van der Waals surface area contributed by atoms with Crippen molar-refractivity contribution in [2.45, 2.75) is 162 Å². The maximum atomic E-state index is 12.9. The summed E-state index contributed by atoms with van der Waals surface area (Å²) in [5.41, 5.74) is 0. The fraction of sp³-hybridized carbons (Fsp3) is 0.906. The van der Waals surface area contributed by atoms with Gasteiger partial charge < -0.3 is 105 Å². The fourth-order valence-electron chi connectivity index (χ4n) is 7.24. The van der Waals surface area contributed by atoms with Gasteiger partial charge in [0, 0.05) is 20.3 Å². The van der Waals surface area contributed by atoms with E-state index in [-0.39, 0.29) is 0 Å². The number of aliphatic hydroxyl groups excluding tert-OH is 11. The Balaban J connectivity index is 1.71. The number of carboxylic acid groups (broad SMARTS) is 1. The van der Waals surface area contributed by atoms with Gasteiger partial charge in [-0.05, 0) is 13.8 Å². The standard InChI is InChI=1S/C32H54N2O22/c1-9-17(33-11(3)38)27(54-29-23(46)22(45)19(42)10(2)51-29)25(16(8-37)50-9)53-30-24(47)28(21(44)15(7-36)52-30)56-32(31(48)49)5-13(40)18(34-12(4)39)26(55-32)20(43)14(41)6-35/h9-10,13-30,35-37,40-47H,5-8H2,1-4H3,(H,33,38)(H,34,39)(H,48,49)/t9?,10?,13-,14+,15?,16?,17?,18+,19-,20+,21-,22+,23?,24?,25-,26?,27+,28-,29-,30-,32-/m0/s1. The number of carbonyl (C=O) groups excluding carboxylic acids is 2. The topological polar surface area (TPSA) is 383 Å². The van der Waals surface area contributed by atoms with Crippen LogP contribution in [0.1, 0.15) is 34.1 Å². The van der Waals surface area contributed by atoms with E-state index in [4.69, 9.17) is 33.2 Å². The van der Waals surface area contributed by atoms with Crippen LogP contribution in [0.5, 0.6) is 0 Å². The van der Waals surface area contributed by atoms with Gasteiger partial charge in [0.25, 0.3) is 5.79 Å². The van der Waals surface area contributed by atoms with E-state index in [0.717, 1.165) is 13.8 Å². The summed E-state index contributed by atoms with van der Waals surface area (Å²) in [6.07, 6.45) is -32.7. The lowest BCUT2D eigenvalue weighted by Gasteiger charge is -2.51. The van der Waals surface area contributed by atoms with Crippen molar-refractivity contribution in [2.75, 3.05) is 19.8 Å². The van der Waals surface area contributed by atoms with Crippen LogP contribution >= 0.6 is 0 Å². The second-order valence-electron chi connectivity index (χ2n) is 14.3. The highest BCUT2D eigenvalue weighted by Crippen LogP contribution is 2.39. The van der Waals surface area contributed by atoms with Gasteiger partial charge in [0.05, 0.1) is 50.2 Å². The smallest absolute Gasteiger partial charge is 0.364 e. The lowest BCUT2D eigenvalue weighted by Crippen LogP contribution is -2.71. The van der Waals surface area contributed by atoms with Gasteiger partial charge in [-0.25, -0.2) is 4.79 Å². The highest BCUT2D eigenvalue weighted by atomic mass is 16.8. The Kier molecular flexibility index (Phi) is 15.9. The van der Waals surface area contributed by atoms with Gasteiger partial charge in [0.2, 0.25) is 11.8 Å². The molecule has 56 heavy (non-hydrogen) atoms. The monoisotopic (exact) mass is 818 g/mol. The van der Waals surface area contributed by atoms with Crippen LogP contribution in [0, 0.1) is 0 Å². The molecule has 0 aliphatic carbocycles. The normalized spacial score (nSPS) is 45.7. The molecule has 0 saturated carbocycles. The number of rotatable bonds is 14. The molecule has 4 saturated heterocycles. The number of hydrogen-bond acceptors (Lipinski definition) is 21. The zero-order valence-corrected chi connectivity index (χ0v) is 30.8. The number of aliphatic hydroxyl groups is 11. The molecular formula is C32H54N2O22. The molecule has 14 N–H and O–H groups in total. The SMILES string of the molecule is CC(=O)NC1C(C)OC(CO)[C@H](O[C@@H]2OC(CO)[C@H](O)[C@H](O[C@]3(C(=O)O)C[C@H](O)[C@@H](NC(C)=O)C([C@H](O)[C@H](O)CO)O3)C2O)[C@@H]1O[C@@H]1OC(C)[C@H](O)[C@@H](O)C1O. The minimum Gasteiger partial charge on any atom is -0.477 e. The molecule has 4 rings (SSSR count). The van der Waals surface area contributed by atoms with E-state index in [2.05, 4.69) is 10.6 Å². The molecule has 2 amide bonds. The number of carboxylic acids is 1. The summed E-state index contributed by atoms with van der Waals surface area (Å²) in [6, 6.07) is -2.76. The lowest BCUT2D eigenvalue weighted by molar-refractivity contribution is -0.385. The minimum absolute atomic E-state index is 0.607. The molecule has 21 atom stereocenters. The summed E-state index contributed by atoms with van der Waals surface area (Å²) >= 11 is 0. The van der Waals surface area contributed by atoms with Crippen molar-refractivity contribution in [1.29, 1.82) is 0 Å². The van der Waals surface area contributed by atoms with Crippen molar-refractivity contribution >= 4 is 17.8 Å². The predicted molar refractivity (Wildman–Crippen MR) is 176 cm³/mol. The Hall–Kier alpha value is -2.31. The molecule has 4 heterocycles. The van der Waals surface area contributed by atoms with E-state index in [1.54, 1.807) is 0 Å². The highest BCUT2D eigenvalue weighted by molar-refractivity contribution is 5.76. The van der Waals surface area contributed by atoms with Crippen LogP contribution in [-0.2, 0) is 47.5 Å². The van der Waals surface area contributed by atoms with Crippen molar-refractivity contribution in [3.63, 3.8) is 0 Å². The van der Waals surface area contributed by atoms with Gasteiger partial charge in [-0.15, -0.1) is 0 Å². The van der Waals surface area contributed by atoms with Gasteiger partial charge in [-0.2, -0.15) is 0 Å². The summed E-state index contributed by atoms with van der Waals surface area (Å²) < 4.78 is 40.6. The van der Waals surface area contributed by atoms with Gasteiger partial charge in [-0.3, -0.25) is 9.59 Å². The Morgan fingerprint density at radius 2 is 1.29 bits per heavy atom. The van der Waals surface area contributed by atoms with E-state index < -0.39 is 172 Å². The van der Waals surface area contributed by atoms with Crippen LogP contribution in [0.2, 0.25) is 0 Å². The maximum Gasteiger partial charge on any atom is 0.364 e. The van der Waals surface area contributed by atoms with Crippen molar-refractivity contribution in [3.05, 3.63) is 0 Å². The van der Waals surface area contributed by atoms with Crippen LogP contribution in [0.3, 0.4) is 0 Å². The molecule has 0 bridgehead atoms. The van der Waals surface area contributed by atoms with Crippen LogP contribution in [0.25, 0.3) is 0 Å². The Morgan fingerprint density at radius 1 is 0.714 bits per heavy atom. The quantitative estimate of drug-likeness (QED) is 0.0774. The number of amides is 2. The number of nitrogens with one attached hydrogen (secondary N) is 2. The molecule has 324 valence electrons. The summed E-state index contributed by atoms with van der Waals surface area (Å²) in [5, 5.41) is 131. The average Bonchev–Trinajstić information content (AvgIpc) is 3.14. The number of hydrogen-bond donors (Lipinski definition) is 14. The molecule has 24 heteroatoms. The molecule has 0 radical (unpaired) electrons. The Labute approximate surface area is 319 Å². The van der Waals surface area contributed by atoms with Crippen LogP contribution in [-0.4, -0.2) is 227 Å². The summed E-state index contributed by atoms with van der Waals surface area (Å²) in [7, 11) is 0. The van der Waals surface area contributed by atoms with Crippen molar-refractivity contribution in [2.24, 2.45) is 0 Å². The van der Waals surface area contributed by atoms with Gasteiger partial charge in [0.1, 0.15) is 79.4 Å². The van der Waals surface area contributed by atoms with E-state index in [0.29, 0.717) is 0 Å². The molecule has 0 aromatic carbocycles. The fourth-order valence-corrected chi connectivity index (χ4v) is 7.24. The first-order chi connectivity index (χ1) is 26.2. The molecule has 8 unspecified atom stereocenters. The molecule has 4 fully saturated rings. The third-order valence-electron chi connectivity index (χ3n) is 10.2. The van der Waals surface area contributed by atoms with Crippen molar-refractivity contribution < 1.29 is 109 Å². The van der Waals surface area contributed by atoms with Gasteiger partial charge in [-0.1, -0.05) is 0 Å². The van der Waals surface area contributed by atoms with E-state index in [9.17, 15) is 75.7 Å². The Morgan fingerprint density at radius 3 is 1.84 bits per heavy atom. The molecule has 24 nitrogen and oxygen atoms in total. The highest BCUT2D eigenvalue weighted by Gasteiger charge is 2.60. The third kappa shape index (κ3) is 9.75. The van der Waals surface area contributed by atoms with E-state index in [1.165, 1.54) is 13.8 Å². The second-order valence-corrected chi connectivity index (χ2v) is 14.3. The summed E-state index contributed by atoms with van der Waals surface area (Å²) in [4.78, 5) is 37.1. The van der Waals surface area contributed by atoms with Crippen molar-refractivity contribution in [1.82, 2.24) is 10.6 Å².